The Kier molecular flexibility index (Phi) is 7.09. The summed E-state index contributed by atoms with van der Waals surface area (Å²) in [6.07, 6.45) is 8.82. The van der Waals surface area contributed by atoms with E-state index in [0.29, 0.717) is 23.4 Å². The molecule has 19 heavy (non-hydrogen) atoms. The van der Waals surface area contributed by atoms with Crippen LogP contribution < -0.4 is 5.32 Å². The number of hydrogen-bond acceptors (Lipinski definition) is 4. The number of nitrogens with zero attached hydrogens (tertiary/aromatic N) is 3. The third-order valence-electron chi connectivity index (χ3n) is 2.69. The predicted octanol–water partition coefficient (Wildman–Crippen LogP) is 2.06. The number of H-pyrrole nitrogens is 1. The molecule has 0 fully saturated rings. The third kappa shape index (κ3) is 4.62. The van der Waals surface area contributed by atoms with E-state index in [1.807, 2.05) is 0 Å². The zero-order valence-corrected chi connectivity index (χ0v) is 13.8. The van der Waals surface area contributed by atoms with Crippen LogP contribution in [0.4, 0.5) is 5.82 Å². The molecule has 0 atom stereocenters. The Morgan fingerprint density at radius 1 is 1.37 bits per heavy atom. The van der Waals surface area contributed by atoms with Crippen molar-refractivity contribution in [2.45, 2.75) is 39.0 Å². The van der Waals surface area contributed by atoms with Crippen LogP contribution >= 0.6 is 0 Å². The first-order chi connectivity index (χ1) is 8.81. The molecule has 0 saturated carbocycles. The van der Waals surface area contributed by atoms with E-state index in [1.165, 1.54) is 12.7 Å². The van der Waals surface area contributed by atoms with E-state index < -0.39 is 0 Å². The van der Waals surface area contributed by atoms with Crippen LogP contribution in [0.5, 0.6) is 0 Å². The third-order valence-corrected chi connectivity index (χ3v) is 2.69. The van der Waals surface area contributed by atoms with Gasteiger partial charge in [-0.15, -0.1) is 0 Å². The van der Waals surface area contributed by atoms with Gasteiger partial charge in [0.05, 0.1) is 12.0 Å². The molecule has 0 saturated heterocycles. The van der Waals surface area contributed by atoms with Gasteiger partial charge in [0.15, 0.2) is 0 Å². The van der Waals surface area contributed by atoms with Crippen LogP contribution in [-0.2, 0) is 37.5 Å². The SMILES string of the molecule is CCCCCCC(=O)Nc1n[c-]nc2nc[nH]c12.[Y+3]. The van der Waals surface area contributed by atoms with Gasteiger partial charge in [-0.25, -0.2) is 0 Å². The summed E-state index contributed by atoms with van der Waals surface area (Å²) in [5.74, 6) is 0.409. The number of unbranched alkanes of at least 4 members (excludes halogenated alkanes) is 3. The average Bonchev–Trinajstić information content (AvgIpc) is 2.84. The van der Waals surface area contributed by atoms with Crippen molar-refractivity contribution in [1.82, 2.24) is 19.9 Å². The number of hydrogen-bond donors (Lipinski definition) is 2. The zero-order chi connectivity index (χ0) is 12.8. The molecular weight excluding hydrogens is 319 g/mol. The number of nitrogens with one attached hydrogen (secondary N) is 2. The zero-order valence-electron chi connectivity index (χ0n) is 10.9. The Balaban J connectivity index is 0.00000180. The van der Waals surface area contributed by atoms with Gasteiger partial charge in [0.25, 0.3) is 0 Å². The van der Waals surface area contributed by atoms with Crippen LogP contribution in [0.2, 0.25) is 0 Å². The van der Waals surface area contributed by atoms with Gasteiger partial charge in [-0.05, 0) is 6.42 Å². The fraction of sp³-hybridized carbons (Fsp3) is 0.500. The molecule has 0 aliphatic rings. The van der Waals surface area contributed by atoms with Crippen molar-refractivity contribution in [3.05, 3.63) is 12.7 Å². The van der Waals surface area contributed by atoms with Gasteiger partial charge < -0.3 is 20.3 Å². The van der Waals surface area contributed by atoms with Crippen LogP contribution in [0.1, 0.15) is 39.0 Å². The first kappa shape index (κ1) is 16.2. The van der Waals surface area contributed by atoms with E-state index in [2.05, 4.69) is 38.5 Å². The maximum Gasteiger partial charge on any atom is 3.00 e. The monoisotopic (exact) mass is 335 g/mol. The molecule has 2 heterocycles. The van der Waals surface area contributed by atoms with Gasteiger partial charge in [0, 0.05) is 24.1 Å². The maximum absolute atomic E-state index is 11.7. The van der Waals surface area contributed by atoms with E-state index >= 15 is 0 Å². The molecular formula is C12H16N5OY+2. The molecule has 2 aromatic heterocycles. The number of fused-ring (bicyclic) bond motifs is 1. The molecule has 96 valence electrons. The minimum Gasteiger partial charge on any atom is -0.363 e. The number of rotatable bonds is 6. The minimum absolute atomic E-state index is 0. The van der Waals surface area contributed by atoms with Crippen molar-refractivity contribution in [3.63, 3.8) is 0 Å². The summed E-state index contributed by atoms with van der Waals surface area (Å²) >= 11 is 0. The second-order valence-electron chi connectivity index (χ2n) is 4.13. The maximum atomic E-state index is 11.7. The Morgan fingerprint density at radius 3 is 3.00 bits per heavy atom. The number of anilines is 1. The number of amides is 1. The van der Waals surface area contributed by atoms with Crippen molar-refractivity contribution >= 4 is 22.9 Å². The van der Waals surface area contributed by atoms with Crippen LogP contribution in [0.3, 0.4) is 0 Å². The summed E-state index contributed by atoms with van der Waals surface area (Å²) in [5, 5.41) is 2.76. The van der Waals surface area contributed by atoms with Gasteiger partial charge in [-0.2, -0.15) is 0 Å². The van der Waals surface area contributed by atoms with E-state index in [1.54, 1.807) is 0 Å². The number of carbonyl (C=O) groups is 1. The molecule has 0 unspecified atom stereocenters. The van der Waals surface area contributed by atoms with Crippen molar-refractivity contribution in [3.8, 4) is 0 Å². The number of aromatic amines is 1. The van der Waals surface area contributed by atoms with Gasteiger partial charge in [0.1, 0.15) is 0 Å². The summed E-state index contributed by atoms with van der Waals surface area (Å²) in [6.45, 7) is 2.14. The molecule has 0 bridgehead atoms. The molecule has 6 nitrogen and oxygen atoms in total. The van der Waals surface area contributed by atoms with Crippen molar-refractivity contribution in [2.75, 3.05) is 5.32 Å². The van der Waals surface area contributed by atoms with Crippen LogP contribution in [0.15, 0.2) is 6.33 Å². The van der Waals surface area contributed by atoms with Crippen molar-refractivity contribution in [1.29, 1.82) is 0 Å². The Morgan fingerprint density at radius 2 is 2.21 bits per heavy atom. The Hall–Kier alpha value is -0.876. The van der Waals surface area contributed by atoms with E-state index in [-0.39, 0.29) is 38.6 Å². The fourth-order valence-electron chi connectivity index (χ4n) is 1.72. The number of aromatic nitrogens is 4. The second-order valence-corrected chi connectivity index (χ2v) is 4.13. The normalized spacial score (nSPS) is 10.2. The Bertz CT molecular complexity index is 528. The molecule has 1 amide bonds. The summed E-state index contributed by atoms with van der Waals surface area (Å²) < 4.78 is 0. The average molecular weight is 335 g/mol. The van der Waals surface area contributed by atoms with Crippen molar-refractivity contribution < 1.29 is 37.5 Å². The molecule has 0 spiro atoms. The quantitative estimate of drug-likeness (QED) is 0.625. The molecule has 0 aliphatic heterocycles. The van der Waals surface area contributed by atoms with Gasteiger partial charge in [0.2, 0.25) is 5.91 Å². The predicted molar refractivity (Wildman–Crippen MR) is 67.9 cm³/mol. The molecule has 7 heteroatoms. The van der Waals surface area contributed by atoms with Gasteiger partial charge >= 0.3 is 32.7 Å². The standard InChI is InChI=1S/C12H16N5O.Y/c1-2-3-4-5-6-9(18)17-12-10-11(14-7-13-10)15-8-16-12;/h7H,2-6H2,1H3,(H2,13,14,15,16,17,18);/q-1;+3. The summed E-state index contributed by atoms with van der Waals surface area (Å²) in [4.78, 5) is 26.4. The summed E-state index contributed by atoms with van der Waals surface area (Å²) in [5.41, 5.74) is 1.14. The second kappa shape index (κ2) is 8.33. The smallest absolute Gasteiger partial charge is 0.363 e. The summed E-state index contributed by atoms with van der Waals surface area (Å²) in [7, 11) is 0. The van der Waals surface area contributed by atoms with Gasteiger partial charge in [-0.1, -0.05) is 26.2 Å². The van der Waals surface area contributed by atoms with Crippen molar-refractivity contribution in [2.24, 2.45) is 0 Å². The molecule has 2 aromatic rings. The van der Waals surface area contributed by atoms with E-state index in [9.17, 15) is 4.79 Å². The van der Waals surface area contributed by atoms with E-state index in [0.717, 1.165) is 19.3 Å². The molecule has 2 N–H and O–H groups in total. The first-order valence-electron chi connectivity index (χ1n) is 6.18. The van der Waals surface area contributed by atoms with Crippen LogP contribution in [-0.4, -0.2) is 25.8 Å². The topological polar surface area (TPSA) is 83.6 Å². The van der Waals surface area contributed by atoms with Gasteiger partial charge in [-0.3, -0.25) is 9.78 Å². The fourth-order valence-corrected chi connectivity index (χ4v) is 1.72. The molecule has 0 radical (unpaired) electrons. The summed E-state index contributed by atoms with van der Waals surface area (Å²) in [6, 6.07) is 0. The molecule has 0 aliphatic carbocycles. The number of carbonyl (C=O) groups excluding carboxylic acids is 1. The largest absolute Gasteiger partial charge is 3.00 e. The molecule has 2 rings (SSSR count). The van der Waals surface area contributed by atoms with E-state index in [4.69, 9.17) is 0 Å². The minimum atomic E-state index is -0.0332. The first-order valence-corrected chi connectivity index (χ1v) is 6.18. The van der Waals surface area contributed by atoms with Crippen LogP contribution in [0.25, 0.3) is 11.2 Å². The molecule has 0 aromatic carbocycles. The Labute approximate surface area is 137 Å². The number of imidazole rings is 1. The van der Waals surface area contributed by atoms with Crippen LogP contribution in [0, 0.1) is 6.33 Å².